The van der Waals surface area contributed by atoms with Crippen LogP contribution in [0.1, 0.15) is 0 Å². The van der Waals surface area contributed by atoms with E-state index in [1.54, 1.807) is 6.07 Å². The van der Waals surface area contributed by atoms with E-state index in [4.69, 9.17) is 4.74 Å². The summed E-state index contributed by atoms with van der Waals surface area (Å²) < 4.78 is 18.5. The third-order valence-corrected chi connectivity index (χ3v) is 2.73. The third kappa shape index (κ3) is 2.38. The second kappa shape index (κ2) is 4.60. The maximum atomic E-state index is 12.9. The first kappa shape index (κ1) is 11.1. The Hall–Kier alpha value is -1.44. The highest BCUT2D eigenvalue weighted by atomic mass is 127. The van der Waals surface area contributed by atoms with Crippen molar-refractivity contribution in [2.75, 3.05) is 0 Å². The molecule has 2 rings (SSSR count). The lowest BCUT2D eigenvalue weighted by atomic mass is 10.3. The highest BCUT2D eigenvalue weighted by molar-refractivity contribution is 14.1. The van der Waals surface area contributed by atoms with Gasteiger partial charge in [0.05, 0.1) is 6.33 Å². The van der Waals surface area contributed by atoms with E-state index in [-0.39, 0.29) is 11.4 Å². The van der Waals surface area contributed by atoms with E-state index in [1.807, 2.05) is 22.6 Å². The molecular formula is C10H6FIN2O2. The first-order valence-corrected chi connectivity index (χ1v) is 5.41. The van der Waals surface area contributed by atoms with Gasteiger partial charge in [0.1, 0.15) is 15.1 Å². The zero-order valence-electron chi connectivity index (χ0n) is 7.91. The molecule has 82 valence electrons. The lowest BCUT2D eigenvalue weighted by Crippen LogP contribution is -2.11. The van der Waals surface area contributed by atoms with E-state index < -0.39 is 5.82 Å². The predicted molar refractivity (Wildman–Crippen MR) is 64.0 cm³/mol. The molecule has 0 aliphatic heterocycles. The molecule has 0 bridgehead atoms. The molecule has 0 radical (unpaired) electrons. The number of hydrogen-bond donors (Lipinski definition) is 1. The molecular weight excluding hydrogens is 326 g/mol. The lowest BCUT2D eigenvalue weighted by Gasteiger charge is -2.05. The van der Waals surface area contributed by atoms with E-state index in [9.17, 15) is 9.18 Å². The van der Waals surface area contributed by atoms with Gasteiger partial charge in [-0.15, -0.1) is 0 Å². The fraction of sp³-hybridized carbons (Fsp3) is 0. The summed E-state index contributed by atoms with van der Waals surface area (Å²) in [6, 6.07) is 5.63. The summed E-state index contributed by atoms with van der Waals surface area (Å²) in [7, 11) is 0. The number of aromatic nitrogens is 2. The van der Waals surface area contributed by atoms with Gasteiger partial charge >= 0.3 is 0 Å². The highest BCUT2D eigenvalue weighted by Crippen LogP contribution is 2.21. The Morgan fingerprint density at radius 1 is 1.44 bits per heavy atom. The first-order valence-electron chi connectivity index (χ1n) is 4.33. The fourth-order valence-corrected chi connectivity index (χ4v) is 1.49. The van der Waals surface area contributed by atoms with Crippen molar-refractivity contribution < 1.29 is 9.13 Å². The maximum Gasteiger partial charge on any atom is 0.268 e. The minimum atomic E-state index is -0.405. The van der Waals surface area contributed by atoms with Crippen LogP contribution in [0.4, 0.5) is 4.39 Å². The van der Waals surface area contributed by atoms with Gasteiger partial charge < -0.3 is 9.72 Å². The number of nitrogens with zero attached hydrogens (tertiary/aromatic N) is 1. The van der Waals surface area contributed by atoms with Crippen LogP contribution in [0.5, 0.6) is 11.6 Å². The van der Waals surface area contributed by atoms with Crippen molar-refractivity contribution in [3.05, 3.63) is 50.3 Å². The summed E-state index contributed by atoms with van der Waals surface area (Å²) in [5, 5.41) is 0. The molecule has 4 nitrogen and oxygen atoms in total. The SMILES string of the molecule is O=c1[nH]cnc(Oc2cccc(F)c2)c1I. The Morgan fingerprint density at radius 2 is 2.25 bits per heavy atom. The number of hydrogen-bond acceptors (Lipinski definition) is 3. The number of halogens is 2. The lowest BCUT2D eigenvalue weighted by molar-refractivity contribution is 0.452. The Bertz CT molecular complexity index is 571. The number of nitrogens with one attached hydrogen (secondary N) is 1. The van der Waals surface area contributed by atoms with Crippen LogP contribution in [-0.2, 0) is 0 Å². The summed E-state index contributed by atoms with van der Waals surface area (Å²) >= 11 is 1.82. The van der Waals surface area contributed by atoms with Gasteiger partial charge in [0.25, 0.3) is 5.56 Å². The molecule has 1 aromatic heterocycles. The smallest absolute Gasteiger partial charge is 0.268 e. The molecule has 0 spiro atoms. The van der Waals surface area contributed by atoms with Crippen molar-refractivity contribution in [3.8, 4) is 11.6 Å². The topological polar surface area (TPSA) is 55.0 Å². The molecule has 16 heavy (non-hydrogen) atoms. The largest absolute Gasteiger partial charge is 0.438 e. The minimum Gasteiger partial charge on any atom is -0.438 e. The molecule has 0 saturated carbocycles. The van der Waals surface area contributed by atoms with Crippen molar-refractivity contribution in [3.63, 3.8) is 0 Å². The molecule has 1 aromatic carbocycles. The second-order valence-electron chi connectivity index (χ2n) is 2.91. The van der Waals surface area contributed by atoms with Crippen LogP contribution in [0.2, 0.25) is 0 Å². The van der Waals surface area contributed by atoms with Crippen LogP contribution >= 0.6 is 22.6 Å². The van der Waals surface area contributed by atoms with Crippen molar-refractivity contribution in [2.45, 2.75) is 0 Å². The van der Waals surface area contributed by atoms with Crippen LogP contribution < -0.4 is 10.3 Å². The quantitative estimate of drug-likeness (QED) is 0.859. The molecule has 0 amide bonds. The Morgan fingerprint density at radius 3 is 3.00 bits per heavy atom. The standard InChI is InChI=1S/C10H6FIN2O2/c11-6-2-1-3-7(4-6)16-10-8(12)9(15)13-5-14-10/h1-5H,(H,13,14,15). The molecule has 0 saturated heterocycles. The van der Waals surface area contributed by atoms with E-state index in [0.717, 1.165) is 0 Å². The van der Waals surface area contributed by atoms with Crippen LogP contribution in [-0.4, -0.2) is 9.97 Å². The summed E-state index contributed by atoms with van der Waals surface area (Å²) in [5.41, 5.74) is -0.290. The molecule has 0 fully saturated rings. The van der Waals surface area contributed by atoms with Crippen LogP contribution in [0.15, 0.2) is 35.4 Å². The van der Waals surface area contributed by atoms with E-state index >= 15 is 0 Å². The summed E-state index contributed by atoms with van der Waals surface area (Å²) in [5.74, 6) is 0.0586. The average molecular weight is 332 g/mol. The van der Waals surface area contributed by atoms with E-state index in [1.165, 1.54) is 24.5 Å². The number of rotatable bonds is 2. The van der Waals surface area contributed by atoms with Gasteiger partial charge in [0.2, 0.25) is 5.88 Å². The summed E-state index contributed by atoms with van der Waals surface area (Å²) in [6.07, 6.45) is 1.24. The van der Waals surface area contributed by atoms with E-state index in [0.29, 0.717) is 9.32 Å². The van der Waals surface area contributed by atoms with Crippen molar-refractivity contribution in [2.24, 2.45) is 0 Å². The molecule has 0 atom stereocenters. The Balaban J connectivity index is 2.34. The van der Waals surface area contributed by atoms with Crippen molar-refractivity contribution in [1.29, 1.82) is 0 Å². The minimum absolute atomic E-state index is 0.162. The van der Waals surface area contributed by atoms with Gasteiger partial charge in [-0.25, -0.2) is 9.37 Å². The van der Waals surface area contributed by atoms with Crippen LogP contribution in [0.25, 0.3) is 0 Å². The normalized spacial score (nSPS) is 10.1. The maximum absolute atomic E-state index is 12.9. The van der Waals surface area contributed by atoms with Crippen molar-refractivity contribution in [1.82, 2.24) is 9.97 Å². The zero-order valence-corrected chi connectivity index (χ0v) is 10.1. The van der Waals surface area contributed by atoms with Gasteiger partial charge in [0, 0.05) is 6.07 Å². The van der Waals surface area contributed by atoms with Gasteiger partial charge in [-0.2, -0.15) is 0 Å². The van der Waals surface area contributed by atoms with Crippen LogP contribution in [0, 0.1) is 9.39 Å². The number of aromatic amines is 1. The fourth-order valence-electron chi connectivity index (χ4n) is 1.08. The first-order chi connectivity index (χ1) is 7.66. The molecule has 1 N–H and O–H groups in total. The molecule has 0 aliphatic carbocycles. The predicted octanol–water partition coefficient (Wildman–Crippen LogP) is 2.31. The number of benzene rings is 1. The second-order valence-corrected chi connectivity index (χ2v) is 3.99. The molecule has 1 heterocycles. The summed E-state index contributed by atoms with van der Waals surface area (Å²) in [6.45, 7) is 0. The molecule has 2 aromatic rings. The molecule has 0 aliphatic rings. The highest BCUT2D eigenvalue weighted by Gasteiger charge is 2.07. The third-order valence-electron chi connectivity index (χ3n) is 1.78. The number of H-pyrrole nitrogens is 1. The van der Waals surface area contributed by atoms with Gasteiger partial charge in [-0.3, -0.25) is 4.79 Å². The van der Waals surface area contributed by atoms with Crippen LogP contribution in [0.3, 0.4) is 0 Å². The summed E-state index contributed by atoms with van der Waals surface area (Å²) in [4.78, 5) is 17.5. The van der Waals surface area contributed by atoms with Gasteiger partial charge in [-0.05, 0) is 34.7 Å². The molecule has 0 unspecified atom stereocenters. The van der Waals surface area contributed by atoms with Crippen molar-refractivity contribution >= 4 is 22.6 Å². The number of ether oxygens (including phenoxy) is 1. The average Bonchev–Trinajstić information content (AvgIpc) is 2.25. The Kier molecular flexibility index (Phi) is 3.18. The Labute approximate surface area is 104 Å². The van der Waals surface area contributed by atoms with Gasteiger partial charge in [-0.1, -0.05) is 6.07 Å². The molecule has 6 heteroatoms. The monoisotopic (exact) mass is 332 g/mol. The zero-order chi connectivity index (χ0) is 11.5. The van der Waals surface area contributed by atoms with Gasteiger partial charge in [0.15, 0.2) is 0 Å². The van der Waals surface area contributed by atoms with E-state index in [2.05, 4.69) is 9.97 Å².